The van der Waals surface area contributed by atoms with Crippen LogP contribution in [0.5, 0.6) is 0 Å². The Morgan fingerprint density at radius 2 is 2.25 bits per heavy atom. The van der Waals surface area contributed by atoms with E-state index in [1.807, 2.05) is 18.2 Å². The molecule has 1 aromatic rings. The summed E-state index contributed by atoms with van der Waals surface area (Å²) in [5, 5.41) is 13.1. The molecule has 0 amide bonds. The summed E-state index contributed by atoms with van der Waals surface area (Å²) in [4.78, 5) is 0. The van der Waals surface area contributed by atoms with Crippen LogP contribution in [0.2, 0.25) is 0 Å². The SMILES string of the molecule is OCC1=C[N]c2cc(Br)ccc21. The highest BCUT2D eigenvalue weighted by molar-refractivity contribution is 9.10. The fraction of sp³-hybridized carbons (Fsp3) is 0.111. The van der Waals surface area contributed by atoms with Crippen molar-refractivity contribution in [2.24, 2.45) is 0 Å². The molecule has 0 fully saturated rings. The van der Waals surface area contributed by atoms with Crippen LogP contribution in [0.4, 0.5) is 5.69 Å². The van der Waals surface area contributed by atoms with Crippen molar-refractivity contribution in [2.45, 2.75) is 0 Å². The Balaban J connectivity index is 2.47. The summed E-state index contributed by atoms with van der Waals surface area (Å²) in [5.74, 6) is 0. The fourth-order valence-electron chi connectivity index (χ4n) is 1.23. The van der Waals surface area contributed by atoms with Gasteiger partial charge in [0.25, 0.3) is 0 Å². The monoisotopic (exact) mass is 224 g/mol. The van der Waals surface area contributed by atoms with Crippen LogP contribution in [0.3, 0.4) is 0 Å². The summed E-state index contributed by atoms with van der Waals surface area (Å²) >= 11 is 3.36. The zero-order chi connectivity index (χ0) is 8.55. The zero-order valence-corrected chi connectivity index (χ0v) is 7.87. The Morgan fingerprint density at radius 3 is 3.00 bits per heavy atom. The van der Waals surface area contributed by atoms with Gasteiger partial charge in [0, 0.05) is 21.8 Å². The number of aliphatic hydroxyl groups excluding tert-OH is 1. The molecule has 12 heavy (non-hydrogen) atoms. The van der Waals surface area contributed by atoms with Gasteiger partial charge in [-0.3, -0.25) is 5.32 Å². The van der Waals surface area contributed by atoms with Gasteiger partial charge in [-0.1, -0.05) is 22.0 Å². The lowest BCUT2D eigenvalue weighted by Crippen LogP contribution is -1.85. The largest absolute Gasteiger partial charge is 0.392 e. The first kappa shape index (κ1) is 7.83. The Bertz CT molecular complexity index is 346. The maximum Gasteiger partial charge on any atom is 0.0717 e. The van der Waals surface area contributed by atoms with E-state index in [2.05, 4.69) is 21.2 Å². The van der Waals surface area contributed by atoms with Crippen LogP contribution in [-0.2, 0) is 0 Å². The van der Waals surface area contributed by atoms with Gasteiger partial charge >= 0.3 is 0 Å². The highest BCUT2D eigenvalue weighted by Crippen LogP contribution is 2.31. The molecule has 1 N–H and O–H groups in total. The van der Waals surface area contributed by atoms with Crippen LogP contribution in [-0.4, -0.2) is 11.7 Å². The summed E-state index contributed by atoms with van der Waals surface area (Å²) in [5.41, 5.74) is 2.84. The van der Waals surface area contributed by atoms with Crippen LogP contribution in [0, 0.1) is 0 Å². The molecular formula is C9H7BrNO. The van der Waals surface area contributed by atoms with Crippen LogP contribution in [0.25, 0.3) is 5.57 Å². The first-order valence-electron chi connectivity index (χ1n) is 3.62. The molecule has 0 unspecified atom stereocenters. The molecule has 2 nitrogen and oxygen atoms in total. The van der Waals surface area contributed by atoms with E-state index >= 15 is 0 Å². The average molecular weight is 225 g/mol. The lowest BCUT2D eigenvalue weighted by molar-refractivity contribution is 0.350. The summed E-state index contributed by atoms with van der Waals surface area (Å²) in [6.07, 6.45) is 1.71. The van der Waals surface area contributed by atoms with Gasteiger partial charge in [-0.15, -0.1) is 0 Å². The highest BCUT2D eigenvalue weighted by atomic mass is 79.9. The van der Waals surface area contributed by atoms with Gasteiger partial charge in [-0.2, -0.15) is 0 Å². The van der Waals surface area contributed by atoms with E-state index in [1.54, 1.807) is 6.20 Å². The molecule has 2 rings (SSSR count). The first-order chi connectivity index (χ1) is 5.81. The quantitative estimate of drug-likeness (QED) is 0.779. The van der Waals surface area contributed by atoms with Crippen LogP contribution in [0.15, 0.2) is 28.9 Å². The molecule has 0 atom stereocenters. The van der Waals surface area contributed by atoms with E-state index in [9.17, 15) is 0 Å². The number of aliphatic hydroxyl groups is 1. The van der Waals surface area contributed by atoms with Crippen molar-refractivity contribution in [1.82, 2.24) is 5.32 Å². The van der Waals surface area contributed by atoms with Gasteiger partial charge in [0.05, 0.1) is 12.3 Å². The van der Waals surface area contributed by atoms with Crippen molar-refractivity contribution in [3.8, 4) is 0 Å². The molecule has 0 saturated carbocycles. The van der Waals surface area contributed by atoms with Crippen molar-refractivity contribution >= 4 is 27.2 Å². The van der Waals surface area contributed by atoms with Crippen LogP contribution in [0.1, 0.15) is 5.56 Å². The number of hydrogen-bond acceptors (Lipinski definition) is 1. The molecule has 1 aliphatic rings. The first-order valence-corrected chi connectivity index (χ1v) is 4.41. The predicted octanol–water partition coefficient (Wildman–Crippen LogP) is 2.03. The minimum atomic E-state index is 0.0537. The molecule has 0 aliphatic carbocycles. The van der Waals surface area contributed by atoms with Gasteiger partial charge in [-0.25, -0.2) is 0 Å². The van der Waals surface area contributed by atoms with Crippen molar-refractivity contribution in [3.63, 3.8) is 0 Å². The minimum absolute atomic E-state index is 0.0537. The normalized spacial score (nSPS) is 13.7. The summed E-state index contributed by atoms with van der Waals surface area (Å²) < 4.78 is 1.01. The second-order valence-corrected chi connectivity index (χ2v) is 3.52. The number of hydrogen-bond donors (Lipinski definition) is 1. The van der Waals surface area contributed by atoms with Gasteiger partial charge in [0.2, 0.25) is 0 Å². The van der Waals surface area contributed by atoms with Gasteiger partial charge < -0.3 is 5.11 Å². The maximum atomic E-state index is 8.94. The third-order valence-electron chi connectivity index (χ3n) is 1.84. The Kier molecular flexibility index (Phi) is 1.90. The zero-order valence-electron chi connectivity index (χ0n) is 6.29. The van der Waals surface area contributed by atoms with Gasteiger partial charge in [0.1, 0.15) is 0 Å². The van der Waals surface area contributed by atoms with E-state index < -0.39 is 0 Å². The van der Waals surface area contributed by atoms with E-state index in [-0.39, 0.29) is 6.61 Å². The molecule has 0 aromatic heterocycles. The third kappa shape index (κ3) is 1.15. The van der Waals surface area contributed by atoms with Crippen LogP contribution < -0.4 is 5.32 Å². The molecule has 0 bridgehead atoms. The van der Waals surface area contributed by atoms with E-state index in [0.29, 0.717) is 0 Å². The fourth-order valence-corrected chi connectivity index (χ4v) is 1.58. The lowest BCUT2D eigenvalue weighted by Gasteiger charge is -2.00. The molecule has 0 spiro atoms. The summed E-state index contributed by atoms with van der Waals surface area (Å²) in [6.45, 7) is 0.0537. The number of fused-ring (bicyclic) bond motifs is 1. The van der Waals surface area contributed by atoms with Crippen molar-refractivity contribution in [1.29, 1.82) is 0 Å². The average Bonchev–Trinajstić information content (AvgIpc) is 2.46. The Labute approximate surface area is 79.0 Å². The molecule has 3 heteroatoms. The number of benzene rings is 1. The third-order valence-corrected chi connectivity index (χ3v) is 2.33. The molecule has 0 saturated heterocycles. The van der Waals surface area contributed by atoms with Gasteiger partial charge in [-0.05, 0) is 12.1 Å². The predicted molar refractivity (Wildman–Crippen MR) is 51.0 cm³/mol. The maximum absolute atomic E-state index is 8.94. The Hall–Kier alpha value is -0.800. The Morgan fingerprint density at radius 1 is 1.42 bits per heavy atom. The molecule has 1 aromatic carbocycles. The van der Waals surface area contributed by atoms with E-state index in [1.165, 1.54) is 0 Å². The summed E-state index contributed by atoms with van der Waals surface area (Å²) in [7, 11) is 0. The number of rotatable bonds is 1. The molecule has 61 valence electrons. The molecular weight excluding hydrogens is 218 g/mol. The molecule has 1 aliphatic heterocycles. The minimum Gasteiger partial charge on any atom is -0.392 e. The smallest absolute Gasteiger partial charge is 0.0717 e. The second kappa shape index (κ2) is 2.92. The second-order valence-electron chi connectivity index (χ2n) is 2.60. The van der Waals surface area contributed by atoms with E-state index in [4.69, 9.17) is 5.11 Å². The van der Waals surface area contributed by atoms with Crippen LogP contribution >= 0.6 is 15.9 Å². The molecule has 1 heterocycles. The number of halogens is 1. The number of nitrogens with zero attached hydrogens (tertiary/aromatic N) is 1. The van der Waals surface area contributed by atoms with E-state index in [0.717, 1.165) is 21.3 Å². The van der Waals surface area contributed by atoms with Crippen molar-refractivity contribution in [3.05, 3.63) is 34.4 Å². The van der Waals surface area contributed by atoms with Gasteiger partial charge in [0.15, 0.2) is 0 Å². The van der Waals surface area contributed by atoms with Crippen molar-refractivity contribution < 1.29 is 5.11 Å². The topological polar surface area (TPSA) is 34.3 Å². The van der Waals surface area contributed by atoms with Crippen molar-refractivity contribution in [2.75, 3.05) is 6.61 Å². The summed E-state index contributed by atoms with van der Waals surface area (Å²) in [6, 6.07) is 5.84. The lowest BCUT2D eigenvalue weighted by atomic mass is 10.1. The standard InChI is InChI=1S/C9H7BrNO/c10-7-1-2-8-6(5-12)4-11-9(8)3-7/h1-4,12H,5H2. The molecule has 1 radical (unpaired) electrons. The highest BCUT2D eigenvalue weighted by Gasteiger charge is 2.13.